The highest BCUT2D eigenvalue weighted by molar-refractivity contribution is 9.10. The molecule has 0 aliphatic rings. The number of aliphatic hydroxyl groups is 1. The van der Waals surface area contributed by atoms with Crippen molar-refractivity contribution < 1.29 is 13.9 Å². The molecule has 0 aliphatic heterocycles. The van der Waals surface area contributed by atoms with E-state index in [0.717, 1.165) is 12.1 Å². The summed E-state index contributed by atoms with van der Waals surface area (Å²) in [6.07, 6.45) is 0.238. The van der Waals surface area contributed by atoms with Crippen LogP contribution in [-0.2, 0) is 0 Å². The zero-order valence-electron chi connectivity index (χ0n) is 6.60. The molecule has 1 aromatic rings. The fraction of sp³-hybridized carbons (Fsp3) is 0.111. The second-order valence-electron chi connectivity index (χ2n) is 2.47. The summed E-state index contributed by atoms with van der Waals surface area (Å²) in [7, 11) is 0. The Balaban J connectivity index is 3.22. The minimum absolute atomic E-state index is 0.258. The fourth-order valence-corrected chi connectivity index (χ4v) is 1.44. The van der Waals surface area contributed by atoms with Gasteiger partial charge in [0.05, 0.1) is 6.10 Å². The van der Waals surface area contributed by atoms with Crippen LogP contribution in [-0.4, -0.2) is 5.11 Å². The second kappa shape index (κ2) is 3.98. The first-order chi connectivity index (χ1) is 6.06. The Bertz CT molecular complexity index is 339. The van der Waals surface area contributed by atoms with E-state index >= 15 is 0 Å². The molecule has 4 heteroatoms. The van der Waals surface area contributed by atoms with E-state index in [1.54, 1.807) is 0 Å². The van der Waals surface area contributed by atoms with Crippen LogP contribution in [0.25, 0.3) is 0 Å². The van der Waals surface area contributed by atoms with Crippen LogP contribution < -0.4 is 0 Å². The summed E-state index contributed by atoms with van der Waals surface area (Å²) < 4.78 is 25.6. The average molecular weight is 249 g/mol. The molecule has 0 spiro atoms. The van der Waals surface area contributed by atoms with Gasteiger partial charge in [-0.15, -0.1) is 6.58 Å². The lowest BCUT2D eigenvalue weighted by atomic mass is 10.1. The third-order valence-electron chi connectivity index (χ3n) is 1.58. The van der Waals surface area contributed by atoms with Crippen molar-refractivity contribution in [1.82, 2.24) is 0 Å². The molecule has 0 aliphatic carbocycles. The van der Waals surface area contributed by atoms with Crippen molar-refractivity contribution in [3.8, 4) is 0 Å². The number of hydrogen-bond donors (Lipinski definition) is 1. The summed E-state index contributed by atoms with van der Waals surface area (Å²) in [6, 6.07) is 1.91. The van der Waals surface area contributed by atoms with Crippen LogP contribution in [0.4, 0.5) is 8.78 Å². The van der Waals surface area contributed by atoms with Gasteiger partial charge in [0.1, 0.15) is 0 Å². The van der Waals surface area contributed by atoms with Crippen molar-refractivity contribution >= 4 is 15.9 Å². The van der Waals surface area contributed by atoms with Gasteiger partial charge < -0.3 is 5.11 Å². The topological polar surface area (TPSA) is 20.2 Å². The highest BCUT2D eigenvalue weighted by atomic mass is 79.9. The molecule has 1 unspecified atom stereocenters. The van der Waals surface area contributed by atoms with Crippen LogP contribution in [0.1, 0.15) is 11.7 Å². The lowest BCUT2D eigenvalue weighted by Gasteiger charge is -2.08. The zero-order valence-corrected chi connectivity index (χ0v) is 8.18. The molecule has 0 radical (unpaired) electrons. The van der Waals surface area contributed by atoms with Crippen LogP contribution in [0, 0.1) is 11.6 Å². The molecular formula is C9H7BrF2O. The van der Waals surface area contributed by atoms with Gasteiger partial charge in [-0.05, 0) is 12.1 Å². The molecule has 1 nitrogen and oxygen atoms in total. The molecule has 1 N–H and O–H groups in total. The van der Waals surface area contributed by atoms with E-state index in [2.05, 4.69) is 22.5 Å². The standard InChI is InChI=1S/C9H7BrF2O/c1-2-9(13)5-3-7(11)8(12)4-6(5)10/h2-4,9,13H,1H2. The first-order valence-electron chi connectivity index (χ1n) is 3.51. The van der Waals surface area contributed by atoms with Gasteiger partial charge in [-0.1, -0.05) is 22.0 Å². The van der Waals surface area contributed by atoms with Gasteiger partial charge in [0.25, 0.3) is 0 Å². The summed E-state index contributed by atoms with van der Waals surface area (Å²) >= 11 is 3.01. The van der Waals surface area contributed by atoms with Crippen molar-refractivity contribution in [3.05, 3.63) is 46.5 Å². The Hall–Kier alpha value is -0.740. The molecule has 0 heterocycles. The maximum Gasteiger partial charge on any atom is 0.159 e. The maximum atomic E-state index is 12.7. The third-order valence-corrected chi connectivity index (χ3v) is 2.27. The van der Waals surface area contributed by atoms with E-state index in [9.17, 15) is 13.9 Å². The fourth-order valence-electron chi connectivity index (χ4n) is 0.892. The number of halogens is 3. The van der Waals surface area contributed by atoms with E-state index in [1.807, 2.05) is 0 Å². The van der Waals surface area contributed by atoms with Gasteiger partial charge in [-0.3, -0.25) is 0 Å². The van der Waals surface area contributed by atoms with Crippen LogP contribution in [0.2, 0.25) is 0 Å². The first-order valence-corrected chi connectivity index (χ1v) is 4.30. The predicted molar refractivity (Wildman–Crippen MR) is 49.2 cm³/mol. The van der Waals surface area contributed by atoms with E-state index < -0.39 is 17.7 Å². The lowest BCUT2D eigenvalue weighted by molar-refractivity contribution is 0.227. The average Bonchev–Trinajstić information content (AvgIpc) is 2.10. The third kappa shape index (κ3) is 2.14. The lowest BCUT2D eigenvalue weighted by Crippen LogP contribution is -1.97. The second-order valence-corrected chi connectivity index (χ2v) is 3.32. The Labute approximate surface area is 82.8 Å². The summed E-state index contributed by atoms with van der Waals surface area (Å²) in [5, 5.41) is 9.29. The van der Waals surface area contributed by atoms with Gasteiger partial charge in [0.2, 0.25) is 0 Å². The molecule has 0 saturated heterocycles. The molecule has 70 valence electrons. The number of hydrogen-bond acceptors (Lipinski definition) is 1. The van der Waals surface area contributed by atoms with Gasteiger partial charge in [-0.25, -0.2) is 8.78 Å². The summed E-state index contributed by atoms with van der Waals surface area (Å²) in [5.41, 5.74) is 0.258. The summed E-state index contributed by atoms with van der Waals surface area (Å²) in [4.78, 5) is 0. The highest BCUT2D eigenvalue weighted by Crippen LogP contribution is 2.26. The van der Waals surface area contributed by atoms with Crippen molar-refractivity contribution in [3.63, 3.8) is 0 Å². The monoisotopic (exact) mass is 248 g/mol. The van der Waals surface area contributed by atoms with E-state index in [0.29, 0.717) is 4.47 Å². The molecule has 0 saturated carbocycles. The number of benzene rings is 1. The summed E-state index contributed by atoms with van der Waals surface area (Å²) in [6.45, 7) is 3.34. The van der Waals surface area contributed by atoms with E-state index in [1.165, 1.54) is 6.08 Å². The van der Waals surface area contributed by atoms with Crippen LogP contribution in [0.5, 0.6) is 0 Å². The van der Waals surface area contributed by atoms with Gasteiger partial charge in [-0.2, -0.15) is 0 Å². The Morgan fingerprint density at radius 2 is 1.92 bits per heavy atom. The smallest absolute Gasteiger partial charge is 0.159 e. The normalized spacial score (nSPS) is 12.6. The zero-order chi connectivity index (χ0) is 10.0. The largest absolute Gasteiger partial charge is 0.384 e. The number of rotatable bonds is 2. The first kappa shape index (κ1) is 10.3. The van der Waals surface area contributed by atoms with Crippen molar-refractivity contribution in [2.24, 2.45) is 0 Å². The van der Waals surface area contributed by atoms with Gasteiger partial charge in [0, 0.05) is 10.0 Å². The Morgan fingerprint density at radius 1 is 1.38 bits per heavy atom. The van der Waals surface area contributed by atoms with E-state index in [-0.39, 0.29) is 5.56 Å². The molecule has 1 rings (SSSR count). The molecule has 13 heavy (non-hydrogen) atoms. The number of aliphatic hydroxyl groups excluding tert-OH is 1. The molecule has 1 aromatic carbocycles. The highest BCUT2D eigenvalue weighted by Gasteiger charge is 2.12. The Morgan fingerprint density at radius 3 is 2.46 bits per heavy atom. The summed E-state index contributed by atoms with van der Waals surface area (Å²) in [5.74, 6) is -1.94. The van der Waals surface area contributed by atoms with Crippen LogP contribution >= 0.6 is 15.9 Å². The maximum absolute atomic E-state index is 12.7. The molecule has 1 atom stereocenters. The van der Waals surface area contributed by atoms with Crippen molar-refractivity contribution in [1.29, 1.82) is 0 Å². The molecule has 0 fully saturated rings. The van der Waals surface area contributed by atoms with Crippen molar-refractivity contribution in [2.75, 3.05) is 0 Å². The predicted octanol–water partition coefficient (Wildman–Crippen LogP) is 2.95. The minimum Gasteiger partial charge on any atom is -0.384 e. The molecule has 0 bridgehead atoms. The van der Waals surface area contributed by atoms with Gasteiger partial charge in [0.15, 0.2) is 11.6 Å². The quantitative estimate of drug-likeness (QED) is 0.631. The molecule has 0 aromatic heterocycles. The SMILES string of the molecule is C=CC(O)c1cc(F)c(F)cc1Br. The van der Waals surface area contributed by atoms with Crippen LogP contribution in [0.15, 0.2) is 29.3 Å². The van der Waals surface area contributed by atoms with Crippen LogP contribution in [0.3, 0.4) is 0 Å². The van der Waals surface area contributed by atoms with E-state index in [4.69, 9.17) is 0 Å². The molecular weight excluding hydrogens is 242 g/mol. The Kier molecular flexibility index (Phi) is 3.17. The van der Waals surface area contributed by atoms with Crippen molar-refractivity contribution in [2.45, 2.75) is 6.10 Å². The molecule has 0 amide bonds. The van der Waals surface area contributed by atoms with Gasteiger partial charge >= 0.3 is 0 Å². The minimum atomic E-state index is -0.996.